The summed E-state index contributed by atoms with van der Waals surface area (Å²) in [6.07, 6.45) is 1.70. The van der Waals surface area contributed by atoms with Crippen LogP contribution in [0, 0.1) is 0 Å². The molecule has 20 heavy (non-hydrogen) atoms. The fourth-order valence-corrected chi connectivity index (χ4v) is 3.51. The highest BCUT2D eigenvalue weighted by atomic mass is 127. The van der Waals surface area contributed by atoms with Crippen LogP contribution in [0.2, 0.25) is 0 Å². The third-order valence-corrected chi connectivity index (χ3v) is 4.75. The van der Waals surface area contributed by atoms with Gasteiger partial charge >= 0.3 is 5.97 Å². The molecule has 0 saturated carbocycles. The van der Waals surface area contributed by atoms with Gasteiger partial charge < -0.3 is 19.3 Å². The van der Waals surface area contributed by atoms with Gasteiger partial charge in [-0.1, -0.05) is 13.0 Å². The van der Waals surface area contributed by atoms with Crippen LogP contribution in [0.4, 0.5) is 0 Å². The normalized spacial score (nSPS) is 37.1. The van der Waals surface area contributed by atoms with E-state index in [2.05, 4.69) is 22.6 Å². The summed E-state index contributed by atoms with van der Waals surface area (Å²) in [6.45, 7) is 7.53. The van der Waals surface area contributed by atoms with Gasteiger partial charge in [0.2, 0.25) is 0 Å². The number of carboxylic acid groups (broad SMARTS) is 1. The Labute approximate surface area is 132 Å². The van der Waals surface area contributed by atoms with Crippen molar-refractivity contribution in [2.24, 2.45) is 0 Å². The molecule has 1 aliphatic carbocycles. The Morgan fingerprint density at radius 1 is 1.60 bits per heavy atom. The summed E-state index contributed by atoms with van der Waals surface area (Å²) in [5.41, 5.74) is -0.473. The molecule has 5 nitrogen and oxygen atoms in total. The SMILES string of the molecule is CCC(O[C@H]1C(I)=CC[C@@]2(C)OC(C)(C)O[C@@H]12)C(=O)O. The molecule has 0 aromatic rings. The van der Waals surface area contributed by atoms with Crippen molar-refractivity contribution in [2.45, 2.75) is 70.2 Å². The summed E-state index contributed by atoms with van der Waals surface area (Å²) in [5.74, 6) is -1.62. The van der Waals surface area contributed by atoms with E-state index in [1.165, 1.54) is 0 Å². The van der Waals surface area contributed by atoms with Gasteiger partial charge in [0.05, 0.1) is 0 Å². The van der Waals surface area contributed by atoms with Gasteiger partial charge in [0.15, 0.2) is 11.9 Å². The molecule has 1 aliphatic heterocycles. The summed E-state index contributed by atoms with van der Waals surface area (Å²) < 4.78 is 18.8. The fourth-order valence-electron chi connectivity index (χ4n) is 2.82. The van der Waals surface area contributed by atoms with Crippen molar-refractivity contribution in [3.63, 3.8) is 0 Å². The van der Waals surface area contributed by atoms with E-state index < -0.39 is 29.6 Å². The maximum absolute atomic E-state index is 11.2. The van der Waals surface area contributed by atoms with E-state index >= 15 is 0 Å². The summed E-state index contributed by atoms with van der Waals surface area (Å²) in [5, 5.41) is 9.18. The number of carbonyl (C=O) groups is 1. The van der Waals surface area contributed by atoms with Gasteiger partial charge in [-0.2, -0.15) is 0 Å². The zero-order valence-electron chi connectivity index (χ0n) is 12.2. The molecular weight excluding hydrogens is 375 g/mol. The highest BCUT2D eigenvalue weighted by Crippen LogP contribution is 2.46. The van der Waals surface area contributed by atoms with Crippen molar-refractivity contribution in [2.75, 3.05) is 0 Å². The number of ether oxygens (including phenoxy) is 3. The van der Waals surface area contributed by atoms with Crippen LogP contribution in [-0.2, 0) is 19.0 Å². The van der Waals surface area contributed by atoms with Crippen molar-refractivity contribution in [1.29, 1.82) is 0 Å². The Balaban J connectivity index is 2.24. The number of halogens is 1. The maximum Gasteiger partial charge on any atom is 0.332 e. The molecular formula is C14H21IO5. The zero-order valence-corrected chi connectivity index (χ0v) is 14.3. The molecule has 4 atom stereocenters. The number of hydrogen-bond acceptors (Lipinski definition) is 4. The van der Waals surface area contributed by atoms with E-state index in [4.69, 9.17) is 14.2 Å². The van der Waals surface area contributed by atoms with Gasteiger partial charge in [0.25, 0.3) is 0 Å². The first-order chi connectivity index (χ1) is 9.18. The monoisotopic (exact) mass is 396 g/mol. The molecule has 1 N–H and O–H groups in total. The van der Waals surface area contributed by atoms with Crippen LogP contribution in [0.1, 0.15) is 40.5 Å². The Bertz CT molecular complexity index is 433. The average molecular weight is 396 g/mol. The van der Waals surface area contributed by atoms with Crippen LogP contribution >= 0.6 is 22.6 Å². The molecule has 114 valence electrons. The van der Waals surface area contributed by atoms with Crippen LogP contribution in [0.3, 0.4) is 0 Å². The zero-order chi connectivity index (χ0) is 15.1. The van der Waals surface area contributed by atoms with Gasteiger partial charge in [-0.25, -0.2) is 4.79 Å². The number of carboxylic acids is 1. The Hall–Kier alpha value is -0.180. The Morgan fingerprint density at radius 3 is 2.80 bits per heavy atom. The van der Waals surface area contributed by atoms with Crippen LogP contribution in [0.15, 0.2) is 9.66 Å². The Morgan fingerprint density at radius 2 is 2.25 bits per heavy atom. The standard InChI is InChI=1S/C14H21IO5/c1-5-9(12(16)17)18-10-8(15)6-7-14(4)11(10)19-13(2,3)20-14/h6,9-11H,5,7H2,1-4H3,(H,16,17)/t9?,10-,11-,14+/m0/s1. The van der Waals surface area contributed by atoms with Crippen LogP contribution in [0.5, 0.6) is 0 Å². The van der Waals surface area contributed by atoms with Gasteiger partial charge in [0.1, 0.15) is 17.8 Å². The molecule has 2 aliphatic rings. The molecule has 2 rings (SSSR count). The summed E-state index contributed by atoms with van der Waals surface area (Å²) in [6, 6.07) is 0. The molecule has 0 amide bonds. The van der Waals surface area contributed by atoms with Crippen molar-refractivity contribution >= 4 is 28.6 Å². The molecule has 6 heteroatoms. The molecule has 0 spiro atoms. The molecule has 1 fully saturated rings. The second-order valence-electron chi connectivity index (χ2n) is 5.94. The second-order valence-corrected chi connectivity index (χ2v) is 7.18. The van der Waals surface area contributed by atoms with Crippen LogP contribution < -0.4 is 0 Å². The van der Waals surface area contributed by atoms with Crippen LogP contribution in [-0.4, -0.2) is 40.8 Å². The minimum Gasteiger partial charge on any atom is -0.479 e. The minimum absolute atomic E-state index is 0.289. The van der Waals surface area contributed by atoms with Gasteiger partial charge in [-0.3, -0.25) is 0 Å². The predicted molar refractivity (Wildman–Crippen MR) is 81.7 cm³/mol. The lowest BCUT2D eigenvalue weighted by atomic mass is 9.86. The lowest BCUT2D eigenvalue weighted by molar-refractivity contribution is -0.170. The highest BCUT2D eigenvalue weighted by molar-refractivity contribution is 14.1. The fraction of sp³-hybridized carbons (Fsp3) is 0.786. The van der Waals surface area contributed by atoms with E-state index in [1.807, 2.05) is 26.8 Å². The first kappa shape index (κ1) is 16.2. The number of aliphatic carboxylic acids is 1. The number of rotatable bonds is 4. The largest absolute Gasteiger partial charge is 0.479 e. The van der Waals surface area contributed by atoms with Crippen molar-refractivity contribution in [3.05, 3.63) is 9.66 Å². The summed E-state index contributed by atoms with van der Waals surface area (Å²) in [4.78, 5) is 11.2. The molecule has 1 unspecified atom stereocenters. The number of hydrogen-bond donors (Lipinski definition) is 1. The van der Waals surface area contributed by atoms with E-state index in [0.717, 1.165) is 10.0 Å². The lowest BCUT2D eigenvalue weighted by Crippen LogP contribution is -2.49. The first-order valence-electron chi connectivity index (χ1n) is 6.80. The average Bonchev–Trinajstić information content (AvgIpc) is 2.58. The van der Waals surface area contributed by atoms with Gasteiger partial charge in [0, 0.05) is 3.58 Å². The second kappa shape index (κ2) is 5.55. The summed E-state index contributed by atoms with van der Waals surface area (Å²) in [7, 11) is 0. The molecule has 1 saturated heterocycles. The van der Waals surface area contributed by atoms with Crippen molar-refractivity contribution in [3.8, 4) is 0 Å². The Kier molecular flexibility index (Phi) is 4.49. The van der Waals surface area contributed by atoms with Crippen molar-refractivity contribution in [1.82, 2.24) is 0 Å². The molecule has 0 bridgehead atoms. The molecule has 0 aromatic carbocycles. The van der Waals surface area contributed by atoms with E-state index in [1.54, 1.807) is 6.92 Å². The topological polar surface area (TPSA) is 65.0 Å². The minimum atomic E-state index is -0.942. The quantitative estimate of drug-likeness (QED) is 0.741. The van der Waals surface area contributed by atoms with Crippen molar-refractivity contribution < 1.29 is 24.1 Å². The first-order valence-corrected chi connectivity index (χ1v) is 7.88. The third kappa shape index (κ3) is 3.03. The highest BCUT2D eigenvalue weighted by Gasteiger charge is 2.56. The smallest absolute Gasteiger partial charge is 0.332 e. The van der Waals surface area contributed by atoms with Crippen LogP contribution in [0.25, 0.3) is 0 Å². The van der Waals surface area contributed by atoms with E-state index in [0.29, 0.717) is 6.42 Å². The molecule has 0 aromatic heterocycles. The van der Waals surface area contributed by atoms with Gasteiger partial charge in [-0.15, -0.1) is 0 Å². The lowest BCUT2D eigenvalue weighted by Gasteiger charge is -2.37. The number of fused-ring (bicyclic) bond motifs is 1. The summed E-state index contributed by atoms with van der Waals surface area (Å²) >= 11 is 2.19. The molecule has 1 heterocycles. The maximum atomic E-state index is 11.2. The van der Waals surface area contributed by atoms with E-state index in [-0.39, 0.29) is 6.10 Å². The van der Waals surface area contributed by atoms with Gasteiger partial charge in [-0.05, 0) is 56.2 Å². The predicted octanol–water partition coefficient (Wildman–Crippen LogP) is 2.87. The third-order valence-electron chi connectivity index (χ3n) is 3.70. The van der Waals surface area contributed by atoms with E-state index in [9.17, 15) is 9.90 Å². The molecule has 0 radical (unpaired) electrons.